The molecule has 2 aromatic carbocycles. The van der Waals surface area contributed by atoms with Crippen molar-refractivity contribution in [3.63, 3.8) is 0 Å². The maximum atomic E-state index is 13.7. The van der Waals surface area contributed by atoms with E-state index in [1.54, 1.807) is 0 Å². The molecule has 0 spiro atoms. The fourth-order valence-electron chi connectivity index (χ4n) is 4.94. The summed E-state index contributed by atoms with van der Waals surface area (Å²) in [6.45, 7) is -1.40. The number of aromatic hydroxyl groups is 1. The molecule has 2 aliphatic heterocycles. The van der Waals surface area contributed by atoms with Crippen LogP contribution in [0.25, 0.3) is 22.3 Å². The number of phenolic OH excluding ortho intramolecular Hbond substituents is 1. The van der Waals surface area contributed by atoms with Gasteiger partial charge in [0.05, 0.1) is 20.3 Å². The van der Waals surface area contributed by atoms with Crippen LogP contribution in [-0.4, -0.2) is 128 Å². The van der Waals surface area contributed by atoms with Crippen LogP contribution < -0.4 is 19.6 Å². The third-order valence-electron chi connectivity index (χ3n) is 7.44. The van der Waals surface area contributed by atoms with E-state index in [0.717, 1.165) is 0 Å². The molecule has 2 saturated heterocycles. The number of phenols is 1. The van der Waals surface area contributed by atoms with Gasteiger partial charge < -0.3 is 74.1 Å². The van der Waals surface area contributed by atoms with Crippen LogP contribution in [0.3, 0.4) is 0 Å². The summed E-state index contributed by atoms with van der Waals surface area (Å²) in [7, 11) is 1.34. The monoisotopic (exact) mass is 624 g/mol. The van der Waals surface area contributed by atoms with Crippen molar-refractivity contribution in [3.8, 4) is 34.3 Å². The van der Waals surface area contributed by atoms with E-state index in [-0.39, 0.29) is 33.8 Å². The number of methoxy groups -OCH3 is 1. The van der Waals surface area contributed by atoms with Crippen molar-refractivity contribution in [2.45, 2.75) is 61.4 Å². The number of fused-ring (bicyclic) bond motifs is 1. The second-order valence-corrected chi connectivity index (χ2v) is 10.3. The minimum atomic E-state index is -1.87. The molecule has 16 nitrogen and oxygen atoms in total. The maximum Gasteiger partial charge on any atom is 0.239 e. The average Bonchev–Trinajstić information content (AvgIpc) is 3.02. The molecule has 16 heteroatoms. The topological polar surface area (TPSA) is 258 Å². The van der Waals surface area contributed by atoms with Gasteiger partial charge in [0, 0.05) is 17.7 Å². The van der Waals surface area contributed by atoms with E-state index in [1.165, 1.54) is 43.5 Å². The van der Waals surface area contributed by atoms with Gasteiger partial charge in [-0.1, -0.05) is 0 Å². The van der Waals surface area contributed by atoms with Crippen LogP contribution in [0.4, 0.5) is 0 Å². The molecule has 0 amide bonds. The van der Waals surface area contributed by atoms with Crippen LogP contribution in [0.5, 0.6) is 23.0 Å². The zero-order valence-corrected chi connectivity index (χ0v) is 23.0. The van der Waals surface area contributed by atoms with Crippen molar-refractivity contribution in [1.82, 2.24) is 0 Å². The summed E-state index contributed by atoms with van der Waals surface area (Å²) < 4.78 is 33.2. The smallest absolute Gasteiger partial charge is 0.239 e. The summed E-state index contributed by atoms with van der Waals surface area (Å²) in [5.74, 6) is -1.05. The van der Waals surface area contributed by atoms with E-state index >= 15 is 0 Å². The number of ether oxygens (including phenoxy) is 5. The third kappa shape index (κ3) is 5.80. The van der Waals surface area contributed by atoms with Crippen molar-refractivity contribution in [2.75, 3.05) is 20.3 Å². The Hall–Kier alpha value is -3.55. The predicted octanol–water partition coefficient (Wildman–Crippen LogP) is -2.47. The van der Waals surface area contributed by atoms with Crippen LogP contribution in [0.2, 0.25) is 0 Å². The summed E-state index contributed by atoms with van der Waals surface area (Å²) in [6, 6.07) is 8.08. The molecule has 1 aromatic heterocycles. The Balaban J connectivity index is 1.53. The van der Waals surface area contributed by atoms with Gasteiger partial charge in [0.25, 0.3) is 0 Å². The second kappa shape index (κ2) is 12.8. The van der Waals surface area contributed by atoms with Crippen molar-refractivity contribution in [3.05, 3.63) is 46.6 Å². The Bertz CT molecular complexity index is 1500. The third-order valence-corrected chi connectivity index (χ3v) is 7.44. The molecular weight excluding hydrogens is 592 g/mol. The fourth-order valence-corrected chi connectivity index (χ4v) is 4.94. The first kappa shape index (κ1) is 31.9. The summed E-state index contributed by atoms with van der Waals surface area (Å²) in [4.78, 5) is 13.7. The molecule has 3 heterocycles. The molecule has 3 aromatic rings. The van der Waals surface area contributed by atoms with Gasteiger partial charge in [-0.3, -0.25) is 4.79 Å². The molecule has 0 bridgehead atoms. The highest BCUT2D eigenvalue weighted by molar-refractivity contribution is 5.88. The molecule has 44 heavy (non-hydrogen) atoms. The lowest BCUT2D eigenvalue weighted by Gasteiger charge is -2.39. The normalized spacial score (nSPS) is 32.4. The van der Waals surface area contributed by atoms with Gasteiger partial charge in [0.1, 0.15) is 77.0 Å². The Kier molecular flexibility index (Phi) is 9.28. The number of rotatable bonds is 8. The molecule has 0 aliphatic carbocycles. The van der Waals surface area contributed by atoms with E-state index in [4.69, 9.17) is 28.1 Å². The second-order valence-electron chi connectivity index (χ2n) is 10.3. The van der Waals surface area contributed by atoms with Crippen LogP contribution in [0, 0.1) is 0 Å². The van der Waals surface area contributed by atoms with E-state index in [0.29, 0.717) is 0 Å². The first-order chi connectivity index (χ1) is 21.0. The SMILES string of the molecule is COc1cc(O)c2c(=O)c(O[C@@H]3O[C@H](CO)[C@H](O)[C@H](O)[C@H]3O)c(-c3ccc(O[C@@H]4O[C@H](CO)[C@@H](O)[C@H](O)[C@H]4O)cc3)oc2c1. The van der Waals surface area contributed by atoms with E-state index in [2.05, 4.69) is 0 Å². The number of hydrogen-bond donors (Lipinski definition) is 9. The van der Waals surface area contributed by atoms with Crippen LogP contribution in [0.1, 0.15) is 0 Å². The Morgan fingerprint density at radius 3 is 1.80 bits per heavy atom. The summed E-state index contributed by atoms with van der Waals surface area (Å²) in [5, 5.41) is 90.4. The Morgan fingerprint density at radius 1 is 0.727 bits per heavy atom. The largest absolute Gasteiger partial charge is 0.507 e. The molecule has 10 atom stereocenters. The van der Waals surface area contributed by atoms with Crippen molar-refractivity contribution in [1.29, 1.82) is 0 Å². The van der Waals surface area contributed by atoms with Gasteiger partial charge in [0.15, 0.2) is 5.76 Å². The Labute approximate surface area is 248 Å². The zero-order valence-electron chi connectivity index (χ0n) is 23.0. The molecule has 9 N–H and O–H groups in total. The molecule has 5 rings (SSSR count). The molecule has 2 aliphatic rings. The van der Waals surface area contributed by atoms with Crippen molar-refractivity contribution < 1.29 is 74.1 Å². The number of hydrogen-bond acceptors (Lipinski definition) is 16. The molecule has 2 fully saturated rings. The van der Waals surface area contributed by atoms with Gasteiger partial charge in [-0.2, -0.15) is 0 Å². The van der Waals surface area contributed by atoms with Crippen LogP contribution in [0.15, 0.2) is 45.6 Å². The predicted molar refractivity (Wildman–Crippen MR) is 145 cm³/mol. The van der Waals surface area contributed by atoms with E-state index in [9.17, 15) is 50.8 Å². The zero-order chi connectivity index (χ0) is 31.9. The minimum absolute atomic E-state index is 0.0944. The first-order valence-electron chi connectivity index (χ1n) is 13.4. The highest BCUT2D eigenvalue weighted by Crippen LogP contribution is 2.38. The molecule has 240 valence electrons. The van der Waals surface area contributed by atoms with Crippen LogP contribution >= 0.6 is 0 Å². The number of aliphatic hydroxyl groups excluding tert-OH is 8. The lowest BCUT2D eigenvalue weighted by molar-refractivity contribution is -0.277. The summed E-state index contributed by atoms with van der Waals surface area (Å²) >= 11 is 0. The van der Waals surface area contributed by atoms with Crippen molar-refractivity contribution >= 4 is 11.0 Å². The molecular formula is C28H32O16. The molecule has 0 saturated carbocycles. The Morgan fingerprint density at radius 2 is 1.27 bits per heavy atom. The van der Waals surface area contributed by atoms with Gasteiger partial charge in [-0.15, -0.1) is 0 Å². The summed E-state index contributed by atoms with van der Waals surface area (Å²) in [6.07, 6.45) is -16.0. The van der Waals surface area contributed by atoms with Crippen LogP contribution in [-0.2, 0) is 9.47 Å². The number of benzene rings is 2. The van der Waals surface area contributed by atoms with Gasteiger partial charge in [0.2, 0.25) is 23.8 Å². The van der Waals surface area contributed by atoms with Crippen molar-refractivity contribution in [2.24, 2.45) is 0 Å². The average molecular weight is 625 g/mol. The lowest BCUT2D eigenvalue weighted by Crippen LogP contribution is -2.60. The summed E-state index contributed by atoms with van der Waals surface area (Å²) in [5.41, 5.74) is -0.822. The van der Waals surface area contributed by atoms with Gasteiger partial charge in [-0.25, -0.2) is 0 Å². The van der Waals surface area contributed by atoms with E-state index in [1.807, 2.05) is 0 Å². The van der Waals surface area contributed by atoms with E-state index < -0.39 is 91.6 Å². The van der Waals surface area contributed by atoms with Gasteiger partial charge >= 0.3 is 0 Å². The van der Waals surface area contributed by atoms with Gasteiger partial charge in [-0.05, 0) is 24.3 Å². The first-order valence-corrected chi connectivity index (χ1v) is 13.4. The highest BCUT2D eigenvalue weighted by Gasteiger charge is 2.46. The number of aliphatic hydroxyl groups is 8. The standard InChI is InChI=1S/C28H32O16/c1-39-12-6-13(31)17-14(7-12)41-25(26(20(17)34)44-28-24(38)22(36)19(33)16(9-30)43-28)10-2-4-11(5-3-10)40-27-23(37)21(35)18(32)15(8-29)42-27/h2-7,15-16,18-19,21-24,27-33,35-38H,8-9H2,1H3/t15-,16-,18-,19+,21+,22+,23-,24-,27-,28+/m1/s1. The maximum absolute atomic E-state index is 13.7. The highest BCUT2D eigenvalue weighted by atomic mass is 16.7. The fraction of sp³-hybridized carbons (Fsp3) is 0.464. The quantitative estimate of drug-likeness (QED) is 0.126. The molecule has 0 unspecified atom stereocenters. The lowest BCUT2D eigenvalue weighted by atomic mass is 9.99. The molecule has 0 radical (unpaired) electrons. The minimum Gasteiger partial charge on any atom is -0.507 e.